The molecule has 0 N–H and O–H groups in total. The number of hydrogen-bond acceptors (Lipinski definition) is 3. The van der Waals surface area contributed by atoms with Gasteiger partial charge in [0.2, 0.25) is 11.8 Å². The second kappa shape index (κ2) is 4.98. The van der Waals surface area contributed by atoms with Crippen LogP contribution in [0.25, 0.3) is 0 Å². The van der Waals surface area contributed by atoms with Crippen molar-refractivity contribution < 1.29 is 15.8 Å². The van der Waals surface area contributed by atoms with Gasteiger partial charge in [-0.25, -0.2) is 0 Å². The SMILES string of the molecule is [2H]C1CC(=O)N(CC2CCC(C(C)=O)CC2)C1=O. The van der Waals surface area contributed by atoms with Gasteiger partial charge in [-0.2, -0.15) is 0 Å². The normalized spacial score (nSPS) is 35.0. The topological polar surface area (TPSA) is 54.5 Å². The Morgan fingerprint density at radius 1 is 1.29 bits per heavy atom. The third-order valence-electron chi connectivity index (χ3n) is 3.88. The van der Waals surface area contributed by atoms with E-state index in [-0.39, 0.29) is 29.9 Å². The van der Waals surface area contributed by atoms with E-state index >= 15 is 0 Å². The van der Waals surface area contributed by atoms with Gasteiger partial charge in [-0.05, 0) is 38.5 Å². The van der Waals surface area contributed by atoms with Gasteiger partial charge in [0.25, 0.3) is 0 Å². The molecule has 1 heterocycles. The Morgan fingerprint density at radius 3 is 2.41 bits per heavy atom. The molecule has 1 saturated heterocycles. The van der Waals surface area contributed by atoms with Crippen LogP contribution in [-0.4, -0.2) is 29.0 Å². The van der Waals surface area contributed by atoms with Crippen LogP contribution in [0.4, 0.5) is 0 Å². The summed E-state index contributed by atoms with van der Waals surface area (Å²) in [5.74, 6) is 0.143. The Morgan fingerprint density at radius 2 is 1.94 bits per heavy atom. The molecule has 1 unspecified atom stereocenters. The summed E-state index contributed by atoms with van der Waals surface area (Å²) in [6.07, 6.45) is 2.64. The summed E-state index contributed by atoms with van der Waals surface area (Å²) in [6, 6.07) is 0. The molecule has 1 saturated carbocycles. The van der Waals surface area contributed by atoms with Gasteiger partial charge in [0.15, 0.2) is 0 Å². The van der Waals surface area contributed by atoms with Crippen molar-refractivity contribution in [3.8, 4) is 0 Å². The van der Waals surface area contributed by atoms with Gasteiger partial charge in [0, 0.05) is 26.7 Å². The van der Waals surface area contributed by atoms with Gasteiger partial charge in [0.05, 0.1) is 0 Å². The largest absolute Gasteiger partial charge is 0.300 e. The zero-order valence-electron chi connectivity index (χ0n) is 11.1. The van der Waals surface area contributed by atoms with Gasteiger partial charge < -0.3 is 0 Å². The first-order chi connectivity index (χ1) is 8.49. The molecule has 1 atom stereocenters. The summed E-state index contributed by atoms with van der Waals surface area (Å²) in [5, 5.41) is 0. The average Bonchev–Trinajstić information content (AvgIpc) is 2.57. The van der Waals surface area contributed by atoms with Crippen molar-refractivity contribution in [2.75, 3.05) is 6.54 Å². The van der Waals surface area contributed by atoms with E-state index in [1.807, 2.05) is 0 Å². The summed E-state index contributed by atoms with van der Waals surface area (Å²) >= 11 is 0. The third-order valence-corrected chi connectivity index (χ3v) is 3.88. The number of nitrogens with zero attached hydrogens (tertiary/aromatic N) is 1. The number of amides is 2. The smallest absolute Gasteiger partial charge is 0.229 e. The molecule has 94 valence electrons. The van der Waals surface area contributed by atoms with Crippen molar-refractivity contribution in [2.45, 2.75) is 45.4 Å². The van der Waals surface area contributed by atoms with Crippen LogP contribution in [0.2, 0.25) is 0 Å². The van der Waals surface area contributed by atoms with Crippen LogP contribution in [0.1, 0.15) is 46.8 Å². The minimum absolute atomic E-state index is 0.0294. The van der Waals surface area contributed by atoms with Crippen LogP contribution >= 0.6 is 0 Å². The molecule has 0 aromatic carbocycles. The van der Waals surface area contributed by atoms with Crippen molar-refractivity contribution in [1.82, 2.24) is 4.90 Å². The van der Waals surface area contributed by atoms with Crippen molar-refractivity contribution in [2.24, 2.45) is 11.8 Å². The highest BCUT2D eigenvalue weighted by Crippen LogP contribution is 2.30. The number of carbonyl (C=O) groups excluding carboxylic acids is 3. The maximum Gasteiger partial charge on any atom is 0.229 e. The minimum atomic E-state index is -0.897. The molecule has 2 aliphatic rings. The van der Waals surface area contributed by atoms with Crippen LogP contribution in [0.3, 0.4) is 0 Å². The molecule has 4 nitrogen and oxygen atoms in total. The van der Waals surface area contributed by atoms with E-state index in [1.165, 1.54) is 4.90 Å². The Labute approximate surface area is 103 Å². The molecule has 1 aliphatic heterocycles. The van der Waals surface area contributed by atoms with E-state index < -0.39 is 6.40 Å². The first-order valence-corrected chi connectivity index (χ1v) is 6.26. The summed E-state index contributed by atoms with van der Waals surface area (Å²) < 4.78 is 7.45. The molecule has 2 rings (SSSR count). The van der Waals surface area contributed by atoms with Gasteiger partial charge in [0.1, 0.15) is 5.78 Å². The number of rotatable bonds is 3. The molecule has 2 amide bonds. The molecule has 0 aromatic rings. The fourth-order valence-electron chi connectivity index (χ4n) is 2.72. The molecule has 2 fully saturated rings. The van der Waals surface area contributed by atoms with Crippen LogP contribution in [0.5, 0.6) is 0 Å². The molecule has 0 bridgehead atoms. The fraction of sp³-hybridized carbons (Fsp3) is 0.769. The highest BCUT2D eigenvalue weighted by Gasteiger charge is 2.32. The van der Waals surface area contributed by atoms with Crippen LogP contribution in [0, 0.1) is 11.8 Å². The second-order valence-electron chi connectivity index (χ2n) is 5.08. The third kappa shape index (κ3) is 2.73. The number of carbonyl (C=O) groups is 3. The maximum atomic E-state index is 11.6. The summed E-state index contributed by atoms with van der Waals surface area (Å²) in [4.78, 5) is 35.7. The highest BCUT2D eigenvalue weighted by atomic mass is 16.2. The van der Waals surface area contributed by atoms with Gasteiger partial charge in [-0.15, -0.1) is 0 Å². The predicted molar refractivity (Wildman–Crippen MR) is 62.1 cm³/mol. The van der Waals surface area contributed by atoms with Crippen molar-refractivity contribution >= 4 is 17.6 Å². The van der Waals surface area contributed by atoms with E-state index in [2.05, 4.69) is 0 Å². The zero-order chi connectivity index (χ0) is 13.3. The number of likely N-dealkylation sites (tertiary alicyclic amines) is 1. The number of hydrogen-bond donors (Lipinski definition) is 0. The Balaban J connectivity index is 1.87. The quantitative estimate of drug-likeness (QED) is 0.701. The molecule has 4 heteroatoms. The predicted octanol–water partition coefficient (Wildman–Crippen LogP) is 1.53. The van der Waals surface area contributed by atoms with E-state index in [9.17, 15) is 14.4 Å². The lowest BCUT2D eigenvalue weighted by Crippen LogP contribution is -2.35. The first-order valence-electron chi connectivity index (χ1n) is 6.83. The van der Waals surface area contributed by atoms with Crippen LogP contribution < -0.4 is 0 Å². The second-order valence-corrected chi connectivity index (χ2v) is 5.08. The number of ketones is 1. The standard InChI is InChI=1S/C13H19NO3/c1-9(15)11-4-2-10(3-5-11)8-14-12(16)6-7-13(14)17/h10-11H,2-8H2,1H3/i6D. The van der Waals surface area contributed by atoms with Crippen LogP contribution in [0.15, 0.2) is 0 Å². The van der Waals surface area contributed by atoms with Crippen LogP contribution in [-0.2, 0) is 14.4 Å². The van der Waals surface area contributed by atoms with Crippen molar-refractivity contribution in [3.05, 3.63) is 0 Å². The molecular formula is C13H19NO3. The van der Waals surface area contributed by atoms with Crippen molar-refractivity contribution in [1.29, 1.82) is 0 Å². The fourth-order valence-corrected chi connectivity index (χ4v) is 2.72. The van der Waals surface area contributed by atoms with Gasteiger partial charge in [-0.3, -0.25) is 19.3 Å². The highest BCUT2D eigenvalue weighted by molar-refractivity contribution is 6.01. The maximum absolute atomic E-state index is 11.6. The zero-order valence-corrected chi connectivity index (χ0v) is 10.1. The summed E-state index contributed by atoms with van der Waals surface area (Å²) in [5.41, 5.74) is 0. The molecule has 0 aromatic heterocycles. The lowest BCUT2D eigenvalue weighted by atomic mass is 9.80. The number of Topliss-reactive ketones (excluding diaryl/α,β-unsaturated/α-hetero) is 1. The van der Waals surface area contributed by atoms with E-state index in [0.717, 1.165) is 25.7 Å². The lowest BCUT2D eigenvalue weighted by Gasteiger charge is -2.29. The Bertz CT molecular complexity index is 374. The molecule has 0 spiro atoms. The molecule has 0 radical (unpaired) electrons. The minimum Gasteiger partial charge on any atom is -0.300 e. The molecule has 17 heavy (non-hydrogen) atoms. The molecular weight excluding hydrogens is 218 g/mol. The van der Waals surface area contributed by atoms with E-state index in [4.69, 9.17) is 1.37 Å². The van der Waals surface area contributed by atoms with E-state index in [0.29, 0.717) is 12.5 Å². The van der Waals surface area contributed by atoms with Gasteiger partial charge in [-0.1, -0.05) is 0 Å². The average molecular weight is 238 g/mol. The monoisotopic (exact) mass is 238 g/mol. The molecule has 1 aliphatic carbocycles. The van der Waals surface area contributed by atoms with Crippen molar-refractivity contribution in [3.63, 3.8) is 0 Å². The van der Waals surface area contributed by atoms with Gasteiger partial charge >= 0.3 is 0 Å². The first kappa shape index (κ1) is 10.9. The Kier molecular flexibility index (Phi) is 3.20. The number of imide groups is 1. The summed E-state index contributed by atoms with van der Waals surface area (Å²) in [7, 11) is 0. The summed E-state index contributed by atoms with van der Waals surface area (Å²) in [6.45, 7) is 2.07. The van der Waals surface area contributed by atoms with E-state index in [1.54, 1.807) is 6.92 Å². The lowest BCUT2D eigenvalue weighted by molar-refractivity contribution is -0.139. The Hall–Kier alpha value is -1.19.